The minimum absolute atomic E-state index is 0.0985. The molecule has 0 unspecified atom stereocenters. The summed E-state index contributed by atoms with van der Waals surface area (Å²) in [6.45, 7) is 4.95. The van der Waals surface area contributed by atoms with Crippen molar-refractivity contribution in [3.8, 4) is 5.69 Å². The van der Waals surface area contributed by atoms with Crippen molar-refractivity contribution in [3.05, 3.63) is 59.9 Å². The first-order chi connectivity index (χ1) is 13.8. The predicted molar refractivity (Wildman–Crippen MR) is 102 cm³/mol. The number of nitrogens with zero attached hydrogens (tertiary/aromatic N) is 5. The Hall–Kier alpha value is -3.43. The van der Waals surface area contributed by atoms with Gasteiger partial charge in [0.2, 0.25) is 0 Å². The Morgan fingerprint density at radius 1 is 1.14 bits per heavy atom. The van der Waals surface area contributed by atoms with Crippen molar-refractivity contribution in [2.24, 2.45) is 0 Å². The molecule has 3 aromatic rings. The van der Waals surface area contributed by atoms with Gasteiger partial charge in [-0.1, -0.05) is 6.07 Å². The lowest BCUT2D eigenvalue weighted by Gasteiger charge is -2.25. The van der Waals surface area contributed by atoms with Crippen molar-refractivity contribution in [1.29, 1.82) is 0 Å². The van der Waals surface area contributed by atoms with Gasteiger partial charge in [0, 0.05) is 18.7 Å². The molecule has 0 bridgehead atoms. The average molecular weight is 404 g/mol. The Kier molecular flexibility index (Phi) is 5.81. The molecule has 0 atom stereocenters. The fourth-order valence-corrected chi connectivity index (χ4v) is 2.92. The lowest BCUT2D eigenvalue weighted by molar-refractivity contribution is -0.137. The van der Waals surface area contributed by atoms with Crippen LogP contribution in [0.5, 0.6) is 0 Å². The first-order valence-electron chi connectivity index (χ1n) is 8.94. The summed E-state index contributed by atoms with van der Waals surface area (Å²) in [7, 11) is 0. The Bertz CT molecular complexity index is 984. The van der Waals surface area contributed by atoms with Gasteiger partial charge in [-0.15, -0.1) is 5.10 Å². The SMILES string of the molecule is CCN(CC)c1ccc(C(F)(F)F)cc1NC(=O)c1cccc(-n2cnnn2)c1. The Morgan fingerprint density at radius 2 is 1.90 bits per heavy atom. The van der Waals surface area contributed by atoms with Crippen LogP contribution < -0.4 is 10.2 Å². The van der Waals surface area contributed by atoms with Gasteiger partial charge in [-0.05, 0) is 60.7 Å². The van der Waals surface area contributed by atoms with Gasteiger partial charge in [-0.3, -0.25) is 4.79 Å². The van der Waals surface area contributed by atoms with E-state index in [0.29, 0.717) is 24.5 Å². The van der Waals surface area contributed by atoms with Crippen LogP contribution in [0.25, 0.3) is 5.69 Å². The monoisotopic (exact) mass is 404 g/mol. The number of rotatable bonds is 6. The highest BCUT2D eigenvalue weighted by atomic mass is 19.4. The Balaban J connectivity index is 1.95. The quantitative estimate of drug-likeness (QED) is 0.677. The van der Waals surface area contributed by atoms with Crippen molar-refractivity contribution in [1.82, 2.24) is 20.2 Å². The largest absolute Gasteiger partial charge is 0.416 e. The van der Waals surface area contributed by atoms with Crippen molar-refractivity contribution < 1.29 is 18.0 Å². The first kappa shape index (κ1) is 20.3. The molecule has 1 N–H and O–H groups in total. The van der Waals surface area contributed by atoms with Crippen LogP contribution in [0.3, 0.4) is 0 Å². The topological polar surface area (TPSA) is 75.9 Å². The van der Waals surface area contributed by atoms with Crippen LogP contribution in [0.1, 0.15) is 29.8 Å². The van der Waals surface area contributed by atoms with Gasteiger partial charge in [-0.25, -0.2) is 4.68 Å². The Labute approximate surface area is 165 Å². The van der Waals surface area contributed by atoms with E-state index in [-0.39, 0.29) is 11.3 Å². The normalized spacial score (nSPS) is 11.3. The van der Waals surface area contributed by atoms with Gasteiger partial charge in [-0.2, -0.15) is 13.2 Å². The molecule has 2 aromatic carbocycles. The molecule has 0 saturated carbocycles. The second kappa shape index (κ2) is 8.29. The molecular weight excluding hydrogens is 385 g/mol. The maximum atomic E-state index is 13.2. The second-order valence-electron chi connectivity index (χ2n) is 6.16. The minimum atomic E-state index is -4.51. The van der Waals surface area contributed by atoms with Crippen LogP contribution in [0.15, 0.2) is 48.8 Å². The van der Waals surface area contributed by atoms with Crippen LogP contribution >= 0.6 is 0 Å². The second-order valence-corrected chi connectivity index (χ2v) is 6.16. The van der Waals surface area contributed by atoms with Crippen LogP contribution in [0.4, 0.5) is 24.5 Å². The number of hydrogen-bond donors (Lipinski definition) is 1. The van der Waals surface area contributed by atoms with Gasteiger partial charge in [0.1, 0.15) is 6.33 Å². The van der Waals surface area contributed by atoms with E-state index in [1.807, 2.05) is 18.7 Å². The molecule has 1 amide bonds. The van der Waals surface area contributed by atoms with Crippen LogP contribution in [-0.4, -0.2) is 39.2 Å². The van der Waals surface area contributed by atoms with Gasteiger partial charge in [0.05, 0.1) is 22.6 Å². The summed E-state index contributed by atoms with van der Waals surface area (Å²) in [6, 6.07) is 9.81. The van der Waals surface area contributed by atoms with Gasteiger partial charge in [0.25, 0.3) is 5.91 Å². The summed E-state index contributed by atoms with van der Waals surface area (Å²) in [5.41, 5.74) is 0.608. The number of nitrogens with one attached hydrogen (secondary N) is 1. The molecule has 0 saturated heterocycles. The van der Waals surface area contributed by atoms with Crippen LogP contribution in [-0.2, 0) is 6.18 Å². The first-order valence-corrected chi connectivity index (χ1v) is 8.94. The van der Waals surface area contributed by atoms with Gasteiger partial charge in [0.15, 0.2) is 0 Å². The number of aromatic nitrogens is 4. The molecule has 1 heterocycles. The fraction of sp³-hybridized carbons (Fsp3) is 0.263. The molecular formula is C19H19F3N6O. The number of tetrazole rings is 1. The summed E-state index contributed by atoms with van der Waals surface area (Å²) in [5.74, 6) is -0.535. The van der Waals surface area contributed by atoms with Gasteiger partial charge < -0.3 is 10.2 Å². The molecule has 0 radical (unpaired) electrons. The maximum absolute atomic E-state index is 13.2. The maximum Gasteiger partial charge on any atom is 0.416 e. The van der Waals surface area contributed by atoms with Crippen molar-refractivity contribution in [2.45, 2.75) is 20.0 Å². The molecule has 1 aromatic heterocycles. The zero-order valence-electron chi connectivity index (χ0n) is 15.8. The highest BCUT2D eigenvalue weighted by Crippen LogP contribution is 2.35. The zero-order chi connectivity index (χ0) is 21.0. The molecule has 10 heteroatoms. The summed E-state index contributed by atoms with van der Waals surface area (Å²) >= 11 is 0. The number of hydrogen-bond acceptors (Lipinski definition) is 5. The fourth-order valence-electron chi connectivity index (χ4n) is 2.92. The molecule has 0 spiro atoms. The van der Waals surface area contributed by atoms with E-state index in [2.05, 4.69) is 20.8 Å². The van der Waals surface area contributed by atoms with Crippen molar-refractivity contribution in [2.75, 3.05) is 23.3 Å². The average Bonchev–Trinajstić information content (AvgIpc) is 3.24. The van der Waals surface area contributed by atoms with E-state index >= 15 is 0 Å². The molecule has 3 rings (SSSR count). The molecule has 152 valence electrons. The van der Waals surface area contributed by atoms with E-state index < -0.39 is 17.6 Å². The third-order valence-corrected chi connectivity index (χ3v) is 4.40. The number of benzene rings is 2. The molecule has 0 aliphatic carbocycles. The van der Waals surface area contributed by atoms with E-state index in [4.69, 9.17) is 0 Å². The van der Waals surface area contributed by atoms with Gasteiger partial charge >= 0.3 is 6.18 Å². The highest BCUT2D eigenvalue weighted by Gasteiger charge is 2.31. The molecule has 0 aliphatic heterocycles. The van der Waals surface area contributed by atoms with Crippen LogP contribution in [0, 0.1) is 0 Å². The lowest BCUT2D eigenvalue weighted by atomic mass is 10.1. The minimum Gasteiger partial charge on any atom is -0.370 e. The molecule has 7 nitrogen and oxygen atoms in total. The summed E-state index contributed by atoms with van der Waals surface area (Å²) in [4.78, 5) is 14.6. The molecule has 29 heavy (non-hydrogen) atoms. The number of carbonyl (C=O) groups excluding carboxylic acids is 1. The van der Waals surface area contributed by atoms with Crippen LogP contribution in [0.2, 0.25) is 0 Å². The smallest absolute Gasteiger partial charge is 0.370 e. The zero-order valence-corrected chi connectivity index (χ0v) is 15.8. The number of alkyl halides is 3. The van der Waals surface area contributed by atoms with E-state index in [1.54, 1.807) is 24.3 Å². The summed E-state index contributed by atoms with van der Waals surface area (Å²) in [6.07, 6.45) is -3.14. The number of anilines is 2. The standard InChI is InChI=1S/C19H19F3N6O/c1-3-27(4-2)17-9-8-14(19(20,21)22)11-16(17)24-18(29)13-6-5-7-15(10-13)28-12-23-25-26-28/h5-12H,3-4H2,1-2H3,(H,24,29). The molecule has 0 fully saturated rings. The molecule has 0 aliphatic rings. The summed E-state index contributed by atoms with van der Waals surface area (Å²) in [5, 5.41) is 13.5. The van der Waals surface area contributed by atoms with Crippen molar-refractivity contribution in [3.63, 3.8) is 0 Å². The Morgan fingerprint density at radius 3 is 2.52 bits per heavy atom. The number of halogens is 3. The van der Waals surface area contributed by atoms with E-state index in [9.17, 15) is 18.0 Å². The van der Waals surface area contributed by atoms with E-state index in [0.717, 1.165) is 12.1 Å². The number of amides is 1. The van der Waals surface area contributed by atoms with Crippen molar-refractivity contribution >= 4 is 17.3 Å². The highest BCUT2D eigenvalue weighted by molar-refractivity contribution is 6.06. The predicted octanol–water partition coefficient (Wildman–Crippen LogP) is 3.78. The lowest BCUT2D eigenvalue weighted by Crippen LogP contribution is -2.24. The third-order valence-electron chi connectivity index (χ3n) is 4.40. The third kappa shape index (κ3) is 4.53. The van der Waals surface area contributed by atoms with E-state index in [1.165, 1.54) is 17.1 Å². The number of carbonyl (C=O) groups is 1. The summed E-state index contributed by atoms with van der Waals surface area (Å²) < 4.78 is 40.9.